The smallest absolute Gasteiger partial charge is 0.429 e. The normalized spacial score (nSPS) is 10.7. The van der Waals surface area contributed by atoms with Crippen LogP contribution in [0.1, 0.15) is 13.8 Å². The van der Waals surface area contributed by atoms with Gasteiger partial charge in [0.1, 0.15) is 30.1 Å². The maximum atomic E-state index is 9.47. The van der Waals surface area contributed by atoms with Crippen LogP contribution in [0.4, 0.5) is 33.0 Å². The van der Waals surface area contributed by atoms with Crippen LogP contribution in [-0.4, -0.2) is 47.5 Å². The first kappa shape index (κ1) is 37.8. The van der Waals surface area contributed by atoms with Gasteiger partial charge in [0.15, 0.2) is 0 Å². The summed E-state index contributed by atoms with van der Waals surface area (Å²) < 4.78 is 25.2. The van der Waals surface area contributed by atoms with Crippen molar-refractivity contribution in [1.29, 1.82) is 5.26 Å². The average Bonchev–Trinajstić information content (AvgIpc) is 3.61. The SMILES string of the molecule is C.CN(C)c1ccc(N=Nc2scn[n+]2C)cc1.CN(CCC#N)c1ccc(N=Nc2scc[n+]2C)cc1.CS(=O)(=O)O[O-]. The Hall–Kier alpha value is -4.21. The molecule has 0 aliphatic rings. The molecule has 236 valence electrons. The van der Waals surface area contributed by atoms with E-state index in [0.717, 1.165) is 39.6 Å². The highest BCUT2D eigenvalue weighted by atomic mass is 32.2. The maximum absolute atomic E-state index is 9.47. The molecule has 0 N–H and O–H groups in total. The van der Waals surface area contributed by atoms with E-state index in [1.165, 1.54) is 11.3 Å². The summed E-state index contributed by atoms with van der Waals surface area (Å²) in [6.45, 7) is 0.725. The van der Waals surface area contributed by atoms with Gasteiger partial charge in [-0.05, 0) is 81.4 Å². The van der Waals surface area contributed by atoms with Crippen LogP contribution < -0.4 is 24.3 Å². The molecule has 0 bridgehead atoms. The van der Waals surface area contributed by atoms with Crippen LogP contribution in [-0.2, 0) is 28.5 Å². The Balaban J connectivity index is 0.000000368. The van der Waals surface area contributed by atoms with Gasteiger partial charge in [-0.25, -0.2) is 13.0 Å². The quantitative estimate of drug-likeness (QED) is 0.108. The summed E-state index contributed by atoms with van der Waals surface area (Å²) in [4.78, 5) is 4.09. The van der Waals surface area contributed by atoms with E-state index >= 15 is 0 Å². The third-order valence-electron chi connectivity index (χ3n) is 5.26. The number of azo groups is 2. The van der Waals surface area contributed by atoms with Crippen LogP contribution in [0.3, 0.4) is 0 Å². The lowest BCUT2D eigenvalue weighted by molar-refractivity contribution is -0.713. The molecule has 0 spiro atoms. The highest BCUT2D eigenvalue weighted by molar-refractivity contribution is 7.85. The molecular weight excluding hydrogens is 625 g/mol. The van der Waals surface area contributed by atoms with E-state index in [0.29, 0.717) is 12.7 Å². The number of aromatic nitrogens is 3. The van der Waals surface area contributed by atoms with Crippen molar-refractivity contribution in [1.82, 2.24) is 5.10 Å². The third-order valence-corrected chi connectivity index (χ3v) is 7.10. The lowest BCUT2D eigenvalue weighted by Crippen LogP contribution is -2.28. The largest absolute Gasteiger partial charge is 0.707 e. The monoisotopic (exact) mass is 661 g/mol. The van der Waals surface area contributed by atoms with Gasteiger partial charge in [0.05, 0.1) is 36.0 Å². The molecule has 0 aliphatic carbocycles. The predicted octanol–water partition coefficient (Wildman–Crippen LogP) is 4.66. The Morgan fingerprint density at radius 3 is 1.86 bits per heavy atom. The molecule has 0 amide bonds. The van der Waals surface area contributed by atoms with Gasteiger partial charge in [-0.15, -0.1) is 4.68 Å². The number of hydrogen-bond acceptors (Lipinski definition) is 14. The molecule has 0 radical (unpaired) electrons. The fourth-order valence-electron chi connectivity index (χ4n) is 2.92. The minimum atomic E-state index is -3.72. The van der Waals surface area contributed by atoms with Gasteiger partial charge >= 0.3 is 10.3 Å². The van der Waals surface area contributed by atoms with Crippen molar-refractivity contribution < 1.29 is 27.3 Å². The lowest BCUT2D eigenvalue weighted by atomic mass is 10.2. The standard InChI is InChI=1S/C14H16N5S.C11H14N5S.CH4O4S.CH4/c1-18(9-3-8-15)13-6-4-12(5-7-13)16-17-14-19(2)10-11-20-14;1-15(2)10-6-4-9(5-7-10)13-14-11-16(3)12-8-17-11;1-6(3,4)5-2;/h4-7,10-11H,3,9H2,1-2H3;4-8H,1-3H3;2H,1H3;1H4/q2*+1;;/p-1. The molecule has 0 unspecified atom stereocenters. The Labute approximate surface area is 266 Å². The topological polar surface area (TPSA) is 167 Å². The van der Waals surface area contributed by atoms with Crippen molar-refractivity contribution in [2.75, 3.05) is 43.7 Å². The van der Waals surface area contributed by atoms with Gasteiger partial charge in [-0.3, -0.25) is 0 Å². The first-order chi connectivity index (χ1) is 20.4. The van der Waals surface area contributed by atoms with Crippen LogP contribution in [0.5, 0.6) is 0 Å². The summed E-state index contributed by atoms with van der Waals surface area (Å²) in [6, 6.07) is 17.9. The Kier molecular flexibility index (Phi) is 16.5. The molecule has 0 atom stereocenters. The first-order valence-electron chi connectivity index (χ1n) is 12.5. The van der Waals surface area contributed by atoms with E-state index < -0.39 is 10.1 Å². The average molecular weight is 662 g/mol. The van der Waals surface area contributed by atoms with Crippen molar-refractivity contribution in [3.63, 3.8) is 0 Å². The van der Waals surface area contributed by atoms with E-state index in [1.54, 1.807) is 21.5 Å². The number of hydrogen-bond donors (Lipinski definition) is 0. The molecule has 2 aromatic carbocycles. The zero-order valence-electron chi connectivity index (χ0n) is 24.6. The summed E-state index contributed by atoms with van der Waals surface area (Å²) in [5.41, 5.74) is 5.61. The van der Waals surface area contributed by atoms with Gasteiger partial charge in [-0.2, -0.15) is 5.26 Å². The minimum absolute atomic E-state index is 0. The van der Waals surface area contributed by atoms with Crippen LogP contribution >= 0.6 is 22.7 Å². The van der Waals surface area contributed by atoms with Crippen molar-refractivity contribution in [3.05, 3.63) is 65.6 Å². The second-order valence-corrected chi connectivity index (χ2v) is 12.1. The molecule has 14 nitrogen and oxygen atoms in total. The van der Waals surface area contributed by atoms with E-state index in [4.69, 9.17) is 10.5 Å². The molecule has 44 heavy (non-hydrogen) atoms. The van der Waals surface area contributed by atoms with Crippen molar-refractivity contribution in [2.45, 2.75) is 13.8 Å². The number of nitriles is 1. The van der Waals surface area contributed by atoms with Crippen LogP contribution in [0.15, 0.2) is 86.1 Å². The second kappa shape index (κ2) is 19.1. The number of anilines is 2. The Morgan fingerprint density at radius 2 is 1.45 bits per heavy atom. The van der Waals surface area contributed by atoms with E-state index in [-0.39, 0.29) is 7.43 Å². The van der Waals surface area contributed by atoms with Gasteiger partial charge < -0.3 is 19.4 Å². The molecule has 0 saturated carbocycles. The lowest BCUT2D eigenvalue weighted by Gasteiger charge is -2.17. The fourth-order valence-corrected chi connectivity index (χ4v) is 4.17. The zero-order chi connectivity index (χ0) is 31.8. The number of rotatable bonds is 9. The summed E-state index contributed by atoms with van der Waals surface area (Å²) in [6.07, 6.45) is 3.15. The first-order valence-corrected chi connectivity index (χ1v) is 16.0. The van der Waals surface area contributed by atoms with Gasteiger partial charge in [0.25, 0.3) is 10.1 Å². The molecular formula is C27H37N10O4S3+. The van der Waals surface area contributed by atoms with E-state index in [1.807, 2.05) is 110 Å². The highest BCUT2D eigenvalue weighted by Crippen LogP contribution is 2.23. The van der Waals surface area contributed by atoms with Crippen LogP contribution in [0, 0.1) is 11.3 Å². The maximum Gasteiger partial charge on any atom is 0.429 e. The van der Waals surface area contributed by atoms with Gasteiger partial charge in [-0.1, -0.05) is 12.5 Å². The predicted molar refractivity (Wildman–Crippen MR) is 171 cm³/mol. The van der Waals surface area contributed by atoms with Crippen LogP contribution in [0.25, 0.3) is 0 Å². The highest BCUT2D eigenvalue weighted by Gasteiger charge is 2.09. The summed E-state index contributed by atoms with van der Waals surface area (Å²) >= 11 is 3.01. The molecule has 4 aromatic rings. The number of aryl methyl sites for hydroxylation is 2. The minimum Gasteiger partial charge on any atom is -0.707 e. The number of nitrogens with zero attached hydrogens (tertiary/aromatic N) is 10. The molecule has 2 aromatic heterocycles. The van der Waals surface area contributed by atoms with E-state index in [2.05, 4.69) is 36.0 Å². The summed E-state index contributed by atoms with van der Waals surface area (Å²) in [7, 11) is 6.06. The van der Waals surface area contributed by atoms with Gasteiger partial charge in [0, 0.05) is 44.4 Å². The molecule has 0 aliphatic heterocycles. The molecule has 2 heterocycles. The van der Waals surface area contributed by atoms with Crippen molar-refractivity contribution in [3.8, 4) is 6.07 Å². The molecule has 17 heteroatoms. The molecule has 0 saturated heterocycles. The number of thiazole rings is 1. The Morgan fingerprint density at radius 1 is 0.932 bits per heavy atom. The molecule has 4 rings (SSSR count). The fraction of sp³-hybridized carbons (Fsp3) is 0.333. The van der Waals surface area contributed by atoms with Gasteiger partial charge in [0.2, 0.25) is 0 Å². The molecule has 0 fully saturated rings. The second-order valence-electron chi connectivity index (χ2n) is 8.87. The van der Waals surface area contributed by atoms with Crippen molar-refractivity contribution in [2.24, 2.45) is 34.6 Å². The van der Waals surface area contributed by atoms with Crippen LogP contribution in [0.2, 0.25) is 0 Å². The van der Waals surface area contributed by atoms with E-state index in [9.17, 15) is 8.42 Å². The summed E-state index contributed by atoms with van der Waals surface area (Å²) in [5, 5.41) is 41.8. The zero-order valence-corrected chi connectivity index (χ0v) is 27.0. The number of benzene rings is 2. The third kappa shape index (κ3) is 13.8. The van der Waals surface area contributed by atoms with Crippen molar-refractivity contribution >= 4 is 65.8 Å². The Bertz CT molecular complexity index is 1610. The summed E-state index contributed by atoms with van der Waals surface area (Å²) in [5.74, 6) is 0.